The maximum absolute atomic E-state index is 6.30. The van der Waals surface area contributed by atoms with Gasteiger partial charge in [0, 0.05) is 0 Å². The summed E-state index contributed by atoms with van der Waals surface area (Å²) in [5.74, 6) is 0.975. The van der Waals surface area contributed by atoms with E-state index < -0.39 is 8.32 Å². The molecule has 2 aromatic rings. The van der Waals surface area contributed by atoms with Crippen LogP contribution in [-0.4, -0.2) is 8.32 Å². The number of hydrogen-bond acceptors (Lipinski definition) is 1. The topological polar surface area (TPSA) is 9.23 Å². The molecule has 0 amide bonds. The first-order valence-corrected chi connectivity index (χ1v) is 10.7. The zero-order chi connectivity index (χ0) is 16.2. The molecule has 0 N–H and O–H groups in total. The van der Waals surface area contributed by atoms with Crippen molar-refractivity contribution in [3.63, 3.8) is 0 Å². The fourth-order valence-corrected chi connectivity index (χ4v) is 2.88. The van der Waals surface area contributed by atoms with E-state index in [2.05, 4.69) is 94.5 Å². The second-order valence-electron chi connectivity index (χ2n) is 7.18. The van der Waals surface area contributed by atoms with Gasteiger partial charge in [-0.3, -0.25) is 0 Å². The molecule has 1 nitrogen and oxygen atoms in total. The minimum atomic E-state index is -1.75. The molecular weight excluding hydrogens is 284 g/mol. The quantitative estimate of drug-likeness (QED) is 0.479. The lowest BCUT2D eigenvalue weighted by Crippen LogP contribution is -2.43. The standard InChI is InChI=1S/C20H26OSi/c1-20(2,3)22(4,5)21-19-15-13-18(14-16-19)12-11-17-9-7-6-8-10-17/h6-16H,1-5H3/b12-11+. The first-order valence-electron chi connectivity index (χ1n) is 7.80. The van der Waals surface area contributed by atoms with Crippen molar-refractivity contribution in [2.24, 2.45) is 0 Å². The van der Waals surface area contributed by atoms with Crippen molar-refractivity contribution in [2.75, 3.05) is 0 Å². The van der Waals surface area contributed by atoms with E-state index in [-0.39, 0.29) is 5.04 Å². The van der Waals surface area contributed by atoms with Crippen molar-refractivity contribution in [1.29, 1.82) is 0 Å². The predicted octanol–water partition coefficient (Wildman–Crippen LogP) is 6.24. The highest BCUT2D eigenvalue weighted by Gasteiger charge is 2.38. The molecule has 0 saturated carbocycles. The second-order valence-corrected chi connectivity index (χ2v) is 11.9. The first-order chi connectivity index (χ1) is 10.3. The summed E-state index contributed by atoms with van der Waals surface area (Å²) < 4.78 is 6.30. The van der Waals surface area contributed by atoms with Gasteiger partial charge < -0.3 is 4.43 Å². The Morgan fingerprint density at radius 1 is 0.773 bits per heavy atom. The highest BCUT2D eigenvalue weighted by molar-refractivity contribution is 6.74. The Labute approximate surface area is 135 Å². The molecule has 116 valence electrons. The monoisotopic (exact) mass is 310 g/mol. The summed E-state index contributed by atoms with van der Waals surface area (Å²) in [6.07, 6.45) is 4.26. The van der Waals surface area contributed by atoms with Gasteiger partial charge in [0.1, 0.15) is 5.75 Å². The summed E-state index contributed by atoms with van der Waals surface area (Å²) in [6.45, 7) is 11.3. The predicted molar refractivity (Wildman–Crippen MR) is 99.6 cm³/mol. The average Bonchev–Trinajstić information content (AvgIpc) is 2.46. The van der Waals surface area contributed by atoms with Crippen LogP contribution in [0.1, 0.15) is 31.9 Å². The summed E-state index contributed by atoms with van der Waals surface area (Å²) in [6, 6.07) is 18.7. The molecule has 0 bridgehead atoms. The van der Waals surface area contributed by atoms with Crippen molar-refractivity contribution in [1.82, 2.24) is 0 Å². The molecule has 0 heterocycles. The van der Waals surface area contributed by atoms with Crippen molar-refractivity contribution in [2.45, 2.75) is 38.9 Å². The summed E-state index contributed by atoms with van der Waals surface area (Å²) in [5.41, 5.74) is 2.40. The fraction of sp³-hybridized carbons (Fsp3) is 0.300. The van der Waals surface area contributed by atoms with Crippen molar-refractivity contribution < 1.29 is 4.43 Å². The van der Waals surface area contributed by atoms with Gasteiger partial charge >= 0.3 is 0 Å². The fourth-order valence-electron chi connectivity index (χ4n) is 1.85. The van der Waals surface area contributed by atoms with Crippen LogP contribution in [0.2, 0.25) is 18.1 Å². The summed E-state index contributed by atoms with van der Waals surface area (Å²) in [7, 11) is -1.75. The number of hydrogen-bond donors (Lipinski definition) is 0. The Morgan fingerprint density at radius 3 is 1.77 bits per heavy atom. The lowest BCUT2D eigenvalue weighted by Gasteiger charge is -2.36. The van der Waals surface area contributed by atoms with Crippen molar-refractivity contribution >= 4 is 20.5 Å². The maximum atomic E-state index is 6.30. The van der Waals surface area contributed by atoms with Crippen LogP contribution in [0.25, 0.3) is 12.2 Å². The largest absolute Gasteiger partial charge is 0.544 e. The lowest BCUT2D eigenvalue weighted by atomic mass is 10.1. The molecule has 2 rings (SSSR count). The van der Waals surface area contributed by atoms with E-state index in [1.165, 1.54) is 11.1 Å². The van der Waals surface area contributed by atoms with Crippen LogP contribution in [0.3, 0.4) is 0 Å². The van der Waals surface area contributed by atoms with E-state index in [9.17, 15) is 0 Å². The zero-order valence-electron chi connectivity index (χ0n) is 14.3. The van der Waals surface area contributed by atoms with Crippen LogP contribution in [0.4, 0.5) is 0 Å². The lowest BCUT2D eigenvalue weighted by molar-refractivity contribution is 0.492. The van der Waals surface area contributed by atoms with Gasteiger partial charge in [0.2, 0.25) is 8.32 Å². The zero-order valence-corrected chi connectivity index (χ0v) is 15.3. The van der Waals surface area contributed by atoms with Crippen molar-refractivity contribution in [3.8, 4) is 5.75 Å². The van der Waals surface area contributed by atoms with Gasteiger partial charge in [-0.15, -0.1) is 0 Å². The SMILES string of the molecule is CC(C)(C)[Si](C)(C)Oc1ccc(/C=C/c2ccccc2)cc1. The van der Waals surface area contributed by atoms with E-state index >= 15 is 0 Å². The molecule has 0 spiro atoms. The van der Waals surface area contributed by atoms with Gasteiger partial charge in [0.25, 0.3) is 0 Å². The Balaban J connectivity index is 2.06. The normalized spacial score (nSPS) is 12.6. The second kappa shape index (κ2) is 6.53. The average molecular weight is 311 g/mol. The van der Waals surface area contributed by atoms with Gasteiger partial charge in [0.15, 0.2) is 0 Å². The van der Waals surface area contributed by atoms with Crippen LogP contribution in [0.5, 0.6) is 5.75 Å². The van der Waals surface area contributed by atoms with Crippen LogP contribution in [0, 0.1) is 0 Å². The molecule has 0 aliphatic rings. The van der Waals surface area contributed by atoms with E-state index in [0.717, 1.165) is 5.75 Å². The molecular formula is C20H26OSi. The van der Waals surface area contributed by atoms with Crippen molar-refractivity contribution in [3.05, 3.63) is 65.7 Å². The number of benzene rings is 2. The van der Waals surface area contributed by atoms with Crippen LogP contribution in [-0.2, 0) is 0 Å². The third kappa shape index (κ3) is 4.34. The van der Waals surface area contributed by atoms with Gasteiger partial charge in [0.05, 0.1) is 0 Å². The highest BCUT2D eigenvalue weighted by atomic mass is 28.4. The van der Waals surface area contributed by atoms with Gasteiger partial charge in [-0.05, 0) is 41.4 Å². The minimum absolute atomic E-state index is 0.221. The molecule has 2 heteroatoms. The van der Waals surface area contributed by atoms with E-state index in [1.807, 2.05) is 6.07 Å². The molecule has 22 heavy (non-hydrogen) atoms. The van der Waals surface area contributed by atoms with Crippen LogP contribution in [0.15, 0.2) is 54.6 Å². The third-order valence-electron chi connectivity index (χ3n) is 4.33. The Kier molecular flexibility index (Phi) is 4.92. The molecule has 0 aliphatic heterocycles. The van der Waals surface area contributed by atoms with Gasteiger partial charge in [-0.1, -0.05) is 75.4 Å². The Hall–Kier alpha value is -1.80. The third-order valence-corrected chi connectivity index (χ3v) is 8.69. The molecule has 0 atom stereocenters. The summed E-state index contributed by atoms with van der Waals surface area (Å²) >= 11 is 0. The first kappa shape index (κ1) is 16.6. The maximum Gasteiger partial charge on any atom is 0.250 e. The van der Waals surface area contributed by atoms with Gasteiger partial charge in [-0.25, -0.2) is 0 Å². The van der Waals surface area contributed by atoms with Gasteiger partial charge in [-0.2, -0.15) is 0 Å². The van der Waals surface area contributed by atoms with E-state index in [0.29, 0.717) is 0 Å². The summed E-state index contributed by atoms with van der Waals surface area (Å²) in [4.78, 5) is 0. The van der Waals surface area contributed by atoms with E-state index in [4.69, 9.17) is 4.43 Å². The molecule has 0 aromatic heterocycles. The molecule has 2 aromatic carbocycles. The Bertz CT molecular complexity index is 619. The molecule has 0 radical (unpaired) electrons. The van der Waals surface area contributed by atoms with Crippen LogP contribution < -0.4 is 4.43 Å². The molecule has 0 aliphatic carbocycles. The summed E-state index contributed by atoms with van der Waals surface area (Å²) in [5, 5.41) is 0.221. The minimum Gasteiger partial charge on any atom is -0.544 e. The smallest absolute Gasteiger partial charge is 0.250 e. The number of rotatable bonds is 4. The molecule has 0 fully saturated rings. The Morgan fingerprint density at radius 2 is 1.27 bits per heavy atom. The molecule has 0 saturated heterocycles. The molecule has 0 unspecified atom stereocenters. The highest BCUT2D eigenvalue weighted by Crippen LogP contribution is 2.37. The van der Waals surface area contributed by atoms with Crippen LogP contribution >= 0.6 is 0 Å². The van der Waals surface area contributed by atoms with E-state index in [1.54, 1.807) is 0 Å².